The maximum atomic E-state index is 10.7. The summed E-state index contributed by atoms with van der Waals surface area (Å²) in [6.45, 7) is 2.02. The lowest BCUT2D eigenvalue weighted by molar-refractivity contribution is 0.294. The second-order valence-electron chi connectivity index (χ2n) is 6.77. The third-order valence-corrected chi connectivity index (χ3v) is 4.47. The van der Waals surface area contributed by atoms with Gasteiger partial charge >= 0.3 is 0 Å². The van der Waals surface area contributed by atoms with E-state index in [2.05, 4.69) is 25.6 Å². The van der Waals surface area contributed by atoms with Gasteiger partial charge in [-0.05, 0) is 55.5 Å². The number of methoxy groups -OCH3 is 1. The van der Waals surface area contributed by atoms with E-state index < -0.39 is 0 Å². The molecule has 0 aliphatic carbocycles. The normalized spacial score (nSPS) is 10.4. The Bertz CT molecular complexity index is 1140. The number of aromatic nitrogens is 3. The van der Waals surface area contributed by atoms with Crippen molar-refractivity contribution in [1.29, 1.82) is 0 Å². The van der Waals surface area contributed by atoms with Gasteiger partial charge in [-0.2, -0.15) is 20.0 Å². The van der Waals surface area contributed by atoms with Gasteiger partial charge in [-0.1, -0.05) is 35.9 Å². The highest BCUT2D eigenvalue weighted by Crippen LogP contribution is 2.25. The van der Waals surface area contributed by atoms with Crippen LogP contribution in [0, 0.1) is 6.92 Å². The molecule has 0 aliphatic rings. The lowest BCUT2D eigenvalue weighted by Crippen LogP contribution is -2.16. The molecule has 0 aliphatic heterocycles. The summed E-state index contributed by atoms with van der Waals surface area (Å²) in [6, 6.07) is 24.2. The number of para-hydroxylation sites is 1. The Labute approximate surface area is 180 Å². The zero-order chi connectivity index (χ0) is 21.6. The molecule has 4 aromatic rings. The number of nitrogens with one attached hydrogen (secondary N) is 2. The molecule has 0 unspecified atom stereocenters. The van der Waals surface area contributed by atoms with Gasteiger partial charge in [0.25, 0.3) is 5.95 Å². The Balaban J connectivity index is 1.67. The number of aryl methyl sites for hydroxylation is 1. The molecule has 0 radical (unpaired) electrons. The Kier molecular flexibility index (Phi) is 5.91. The van der Waals surface area contributed by atoms with Gasteiger partial charge in [-0.3, -0.25) is 5.21 Å². The van der Waals surface area contributed by atoms with Crippen LogP contribution in [0.2, 0.25) is 0 Å². The third kappa shape index (κ3) is 5.06. The maximum Gasteiger partial charge on any atom is 0.261 e. The van der Waals surface area contributed by atoms with E-state index in [-0.39, 0.29) is 11.9 Å². The Hall–Kier alpha value is -4.17. The van der Waals surface area contributed by atoms with Crippen LogP contribution in [-0.2, 0) is 0 Å². The van der Waals surface area contributed by atoms with E-state index in [0.29, 0.717) is 11.6 Å². The number of rotatable bonds is 7. The lowest BCUT2D eigenvalue weighted by atomic mass is 10.2. The number of nitrogens with zero attached hydrogens (tertiary/aromatic N) is 4. The van der Waals surface area contributed by atoms with Crippen molar-refractivity contribution < 1.29 is 9.94 Å². The van der Waals surface area contributed by atoms with E-state index >= 15 is 0 Å². The number of benzene rings is 3. The first-order valence-corrected chi connectivity index (χ1v) is 9.65. The second-order valence-corrected chi connectivity index (χ2v) is 6.77. The van der Waals surface area contributed by atoms with Crippen LogP contribution in [0.1, 0.15) is 5.56 Å². The summed E-state index contributed by atoms with van der Waals surface area (Å²) >= 11 is 0. The molecule has 1 heterocycles. The summed E-state index contributed by atoms with van der Waals surface area (Å²) in [4.78, 5) is 13.2. The summed E-state index contributed by atoms with van der Waals surface area (Å²) in [7, 11) is 1.61. The van der Waals surface area contributed by atoms with E-state index in [1.165, 1.54) is 0 Å². The fraction of sp³-hybridized carbons (Fsp3) is 0.0870. The third-order valence-electron chi connectivity index (χ3n) is 4.47. The molecule has 156 valence electrons. The van der Waals surface area contributed by atoms with Crippen LogP contribution in [0.5, 0.6) is 5.75 Å². The summed E-state index contributed by atoms with van der Waals surface area (Å²) < 4.78 is 5.19. The first-order valence-electron chi connectivity index (χ1n) is 9.65. The van der Waals surface area contributed by atoms with Crippen LogP contribution in [0.15, 0.2) is 78.9 Å². The molecule has 8 heteroatoms. The molecule has 8 nitrogen and oxygen atoms in total. The molecule has 0 fully saturated rings. The lowest BCUT2D eigenvalue weighted by Gasteiger charge is -2.17. The van der Waals surface area contributed by atoms with Crippen LogP contribution >= 0.6 is 0 Å². The van der Waals surface area contributed by atoms with Crippen LogP contribution in [0.25, 0.3) is 0 Å². The first-order chi connectivity index (χ1) is 15.1. The van der Waals surface area contributed by atoms with E-state index in [9.17, 15) is 5.21 Å². The maximum absolute atomic E-state index is 10.7. The molecule has 0 bridgehead atoms. The standard InChI is InChI=1S/C23H22N6O2/c1-16-8-10-17(11-9-16)24-21-26-22(25-18-12-14-20(31-2)15-13-18)28-23(27-21)29(30)19-6-4-3-5-7-19/h3-15,30H,1-2H3,(H2,24,25,26,27,28). The van der Waals surface area contributed by atoms with Crippen LogP contribution < -0.4 is 20.4 Å². The van der Waals surface area contributed by atoms with E-state index in [1.54, 1.807) is 19.2 Å². The van der Waals surface area contributed by atoms with E-state index in [0.717, 1.165) is 27.8 Å². The molecule has 0 saturated carbocycles. The minimum Gasteiger partial charge on any atom is -0.497 e. The highest BCUT2D eigenvalue weighted by atomic mass is 16.5. The summed E-state index contributed by atoms with van der Waals surface area (Å²) in [5.74, 6) is 1.39. The van der Waals surface area contributed by atoms with Crippen LogP contribution in [0.3, 0.4) is 0 Å². The molecule has 31 heavy (non-hydrogen) atoms. The zero-order valence-electron chi connectivity index (χ0n) is 17.1. The molecule has 3 aromatic carbocycles. The highest BCUT2D eigenvalue weighted by Gasteiger charge is 2.14. The zero-order valence-corrected chi connectivity index (χ0v) is 17.1. The molecule has 0 saturated heterocycles. The summed E-state index contributed by atoms with van der Waals surface area (Å²) in [5.41, 5.74) is 3.27. The van der Waals surface area contributed by atoms with Crippen molar-refractivity contribution in [1.82, 2.24) is 15.0 Å². The SMILES string of the molecule is COc1ccc(Nc2nc(Nc3ccc(C)cc3)nc(N(O)c3ccccc3)n2)cc1. The minimum absolute atomic E-state index is 0.0758. The molecule has 0 amide bonds. The fourth-order valence-corrected chi connectivity index (χ4v) is 2.83. The average Bonchev–Trinajstić information content (AvgIpc) is 2.81. The van der Waals surface area contributed by atoms with Crippen molar-refractivity contribution in [3.8, 4) is 5.75 Å². The van der Waals surface area contributed by atoms with Gasteiger partial charge in [-0.25, -0.2) is 0 Å². The summed E-state index contributed by atoms with van der Waals surface area (Å²) in [6.07, 6.45) is 0. The first kappa shape index (κ1) is 20.1. The van der Waals surface area contributed by atoms with Crippen molar-refractivity contribution >= 4 is 34.9 Å². The number of ether oxygens (including phenoxy) is 1. The Morgan fingerprint density at radius 2 is 1.29 bits per heavy atom. The quantitative estimate of drug-likeness (QED) is 0.355. The van der Waals surface area contributed by atoms with Crippen molar-refractivity contribution in [2.24, 2.45) is 0 Å². The topological polar surface area (TPSA) is 95.4 Å². The Morgan fingerprint density at radius 3 is 1.84 bits per heavy atom. The molecule has 3 N–H and O–H groups in total. The van der Waals surface area contributed by atoms with Crippen LogP contribution in [0.4, 0.5) is 34.9 Å². The van der Waals surface area contributed by atoms with Crippen molar-refractivity contribution in [3.63, 3.8) is 0 Å². The molecule has 0 spiro atoms. The number of hydrogen-bond acceptors (Lipinski definition) is 8. The molecular formula is C23H22N6O2. The largest absolute Gasteiger partial charge is 0.497 e. The van der Waals surface area contributed by atoms with Crippen molar-refractivity contribution in [2.75, 3.05) is 22.8 Å². The molecule has 4 rings (SSSR count). The number of anilines is 6. The Morgan fingerprint density at radius 1 is 0.742 bits per heavy atom. The average molecular weight is 414 g/mol. The van der Waals surface area contributed by atoms with Gasteiger partial charge in [0.15, 0.2) is 0 Å². The monoisotopic (exact) mass is 414 g/mol. The van der Waals surface area contributed by atoms with Crippen molar-refractivity contribution in [2.45, 2.75) is 6.92 Å². The molecule has 1 aromatic heterocycles. The van der Waals surface area contributed by atoms with Gasteiger partial charge in [0, 0.05) is 11.4 Å². The van der Waals surface area contributed by atoms with Crippen LogP contribution in [-0.4, -0.2) is 27.3 Å². The van der Waals surface area contributed by atoms with Gasteiger partial charge in [0.05, 0.1) is 12.8 Å². The minimum atomic E-state index is 0.0758. The fourth-order valence-electron chi connectivity index (χ4n) is 2.83. The number of hydrogen-bond donors (Lipinski definition) is 3. The predicted octanol–water partition coefficient (Wildman–Crippen LogP) is 5.20. The van der Waals surface area contributed by atoms with E-state index in [1.807, 2.05) is 73.7 Å². The highest BCUT2D eigenvalue weighted by molar-refractivity contribution is 5.62. The van der Waals surface area contributed by atoms with E-state index in [4.69, 9.17) is 4.74 Å². The smallest absolute Gasteiger partial charge is 0.261 e. The van der Waals surface area contributed by atoms with Crippen molar-refractivity contribution in [3.05, 3.63) is 84.4 Å². The predicted molar refractivity (Wildman–Crippen MR) is 121 cm³/mol. The van der Waals surface area contributed by atoms with Gasteiger partial charge in [0.2, 0.25) is 11.9 Å². The molecule has 0 atom stereocenters. The van der Waals surface area contributed by atoms with Gasteiger partial charge in [0.1, 0.15) is 5.75 Å². The second kappa shape index (κ2) is 9.10. The molecular weight excluding hydrogens is 392 g/mol. The van der Waals surface area contributed by atoms with Gasteiger partial charge < -0.3 is 15.4 Å². The summed E-state index contributed by atoms with van der Waals surface area (Å²) in [5, 5.41) is 17.9. The van der Waals surface area contributed by atoms with Gasteiger partial charge in [-0.15, -0.1) is 0 Å².